The maximum absolute atomic E-state index is 12.6. The van der Waals surface area contributed by atoms with Crippen LogP contribution in [-0.4, -0.2) is 46.6 Å². The Kier molecular flexibility index (Phi) is 4.50. The number of nitrogens with zero attached hydrogens (tertiary/aromatic N) is 3. The SMILES string of the molecule is Cn1cnc(S(=O)(=O)N2CCCCC2CCO)c1Cl. The van der Waals surface area contributed by atoms with Gasteiger partial charge in [-0.2, -0.15) is 4.31 Å². The lowest BCUT2D eigenvalue weighted by Crippen LogP contribution is -2.44. The van der Waals surface area contributed by atoms with Gasteiger partial charge in [-0.05, 0) is 19.3 Å². The molecule has 0 bridgehead atoms. The summed E-state index contributed by atoms with van der Waals surface area (Å²) < 4.78 is 28.1. The average Bonchev–Trinajstić information content (AvgIpc) is 2.71. The molecule has 2 rings (SSSR count). The van der Waals surface area contributed by atoms with Crippen LogP contribution in [0.1, 0.15) is 25.7 Å². The monoisotopic (exact) mass is 307 g/mol. The van der Waals surface area contributed by atoms with Crippen LogP contribution >= 0.6 is 11.6 Å². The molecule has 1 unspecified atom stereocenters. The van der Waals surface area contributed by atoms with Crippen LogP contribution in [0, 0.1) is 0 Å². The van der Waals surface area contributed by atoms with Gasteiger partial charge in [-0.1, -0.05) is 18.0 Å². The van der Waals surface area contributed by atoms with Crippen molar-refractivity contribution in [3.63, 3.8) is 0 Å². The summed E-state index contributed by atoms with van der Waals surface area (Å²) in [6.07, 6.45) is 4.41. The second kappa shape index (κ2) is 5.78. The van der Waals surface area contributed by atoms with Crippen molar-refractivity contribution in [1.82, 2.24) is 13.9 Å². The standard InChI is InChI=1S/C11H18ClN3O3S/c1-14-8-13-11(10(14)12)19(17,18)15-6-3-2-4-9(15)5-7-16/h8-9,16H,2-7H2,1H3. The second-order valence-corrected chi connectivity index (χ2v) is 6.89. The van der Waals surface area contributed by atoms with Crippen molar-refractivity contribution >= 4 is 21.6 Å². The highest BCUT2D eigenvalue weighted by Gasteiger charge is 2.36. The van der Waals surface area contributed by atoms with Gasteiger partial charge < -0.3 is 9.67 Å². The van der Waals surface area contributed by atoms with Crippen molar-refractivity contribution in [3.8, 4) is 0 Å². The topological polar surface area (TPSA) is 75.4 Å². The molecule has 0 aromatic carbocycles. The van der Waals surface area contributed by atoms with Gasteiger partial charge in [0.15, 0.2) is 0 Å². The summed E-state index contributed by atoms with van der Waals surface area (Å²) in [6, 6.07) is -0.165. The highest BCUT2D eigenvalue weighted by molar-refractivity contribution is 7.89. The Morgan fingerprint density at radius 3 is 2.84 bits per heavy atom. The first kappa shape index (κ1) is 14.8. The predicted octanol–water partition coefficient (Wildman–Crippen LogP) is 0.999. The molecule has 2 heterocycles. The zero-order valence-corrected chi connectivity index (χ0v) is 12.4. The number of aromatic nitrogens is 2. The van der Waals surface area contributed by atoms with E-state index in [1.807, 2.05) is 0 Å². The van der Waals surface area contributed by atoms with E-state index in [1.165, 1.54) is 15.2 Å². The Balaban J connectivity index is 2.34. The molecule has 0 amide bonds. The second-order valence-electron chi connectivity index (χ2n) is 4.73. The minimum absolute atomic E-state index is 0.0212. The average molecular weight is 308 g/mol. The number of piperidine rings is 1. The van der Waals surface area contributed by atoms with Crippen molar-refractivity contribution in [2.75, 3.05) is 13.2 Å². The molecule has 1 aliphatic heterocycles. The Bertz CT molecular complexity index is 541. The van der Waals surface area contributed by atoms with Crippen molar-refractivity contribution in [1.29, 1.82) is 0 Å². The number of sulfonamides is 1. The number of rotatable bonds is 4. The lowest BCUT2D eigenvalue weighted by atomic mass is 10.0. The maximum atomic E-state index is 12.6. The van der Waals surface area contributed by atoms with Gasteiger partial charge in [0.25, 0.3) is 10.0 Å². The minimum atomic E-state index is -3.68. The van der Waals surface area contributed by atoms with Gasteiger partial charge in [0, 0.05) is 26.2 Å². The fourth-order valence-electron chi connectivity index (χ4n) is 2.41. The highest BCUT2D eigenvalue weighted by Crippen LogP contribution is 2.29. The third kappa shape index (κ3) is 2.79. The van der Waals surface area contributed by atoms with Crippen LogP contribution in [0.4, 0.5) is 0 Å². The van der Waals surface area contributed by atoms with E-state index in [4.69, 9.17) is 16.7 Å². The molecule has 1 saturated heterocycles. The molecule has 108 valence electrons. The normalized spacial score (nSPS) is 21.7. The van der Waals surface area contributed by atoms with E-state index in [1.54, 1.807) is 7.05 Å². The van der Waals surface area contributed by atoms with E-state index in [0.717, 1.165) is 19.3 Å². The Morgan fingerprint density at radius 2 is 2.26 bits per heavy atom. The van der Waals surface area contributed by atoms with Gasteiger partial charge in [0.1, 0.15) is 5.15 Å². The van der Waals surface area contributed by atoms with Crippen LogP contribution in [-0.2, 0) is 17.1 Å². The van der Waals surface area contributed by atoms with Crippen LogP contribution in [0.2, 0.25) is 5.15 Å². The number of hydrogen-bond acceptors (Lipinski definition) is 4. The number of aliphatic hydroxyl groups is 1. The minimum Gasteiger partial charge on any atom is -0.396 e. The molecule has 0 saturated carbocycles. The van der Waals surface area contributed by atoms with Gasteiger partial charge in [-0.25, -0.2) is 13.4 Å². The number of aliphatic hydroxyl groups excluding tert-OH is 1. The quantitative estimate of drug-likeness (QED) is 0.900. The molecular weight excluding hydrogens is 290 g/mol. The molecule has 0 aliphatic carbocycles. The molecular formula is C11H18ClN3O3S. The van der Waals surface area contributed by atoms with Gasteiger partial charge >= 0.3 is 0 Å². The molecule has 6 nitrogen and oxygen atoms in total. The van der Waals surface area contributed by atoms with Gasteiger partial charge in [0.05, 0.1) is 6.33 Å². The molecule has 1 aromatic rings. The Labute approximate surface area is 118 Å². The number of aryl methyl sites for hydroxylation is 1. The van der Waals surface area contributed by atoms with E-state index >= 15 is 0 Å². The van der Waals surface area contributed by atoms with Crippen molar-refractivity contribution in [3.05, 3.63) is 11.5 Å². The number of hydrogen-bond donors (Lipinski definition) is 1. The summed E-state index contributed by atoms with van der Waals surface area (Å²) in [5, 5.41) is 9.09. The molecule has 0 spiro atoms. The largest absolute Gasteiger partial charge is 0.396 e. The highest BCUT2D eigenvalue weighted by atomic mass is 35.5. The van der Waals surface area contributed by atoms with Crippen LogP contribution in [0.3, 0.4) is 0 Å². The first-order valence-electron chi connectivity index (χ1n) is 6.28. The Morgan fingerprint density at radius 1 is 1.53 bits per heavy atom. The van der Waals surface area contributed by atoms with Crippen LogP contribution in [0.15, 0.2) is 11.4 Å². The van der Waals surface area contributed by atoms with Crippen molar-refractivity contribution in [2.24, 2.45) is 7.05 Å². The van der Waals surface area contributed by atoms with Crippen molar-refractivity contribution < 1.29 is 13.5 Å². The summed E-state index contributed by atoms with van der Waals surface area (Å²) >= 11 is 5.98. The molecule has 1 N–H and O–H groups in total. The molecule has 19 heavy (non-hydrogen) atoms. The molecule has 1 aromatic heterocycles. The first-order chi connectivity index (χ1) is 8.98. The molecule has 1 atom stereocenters. The van der Waals surface area contributed by atoms with Gasteiger partial charge in [-0.15, -0.1) is 0 Å². The summed E-state index contributed by atoms with van der Waals surface area (Å²) in [4.78, 5) is 3.90. The lowest BCUT2D eigenvalue weighted by molar-refractivity contribution is 0.192. The van der Waals surface area contributed by atoms with Crippen LogP contribution in [0.5, 0.6) is 0 Å². The van der Waals surface area contributed by atoms with Crippen LogP contribution in [0.25, 0.3) is 0 Å². The summed E-state index contributed by atoms with van der Waals surface area (Å²) in [5.41, 5.74) is 0. The van der Waals surface area contributed by atoms with E-state index in [-0.39, 0.29) is 22.8 Å². The van der Waals surface area contributed by atoms with E-state index in [2.05, 4.69) is 4.98 Å². The maximum Gasteiger partial charge on any atom is 0.263 e. The summed E-state index contributed by atoms with van der Waals surface area (Å²) in [5.74, 6) is 0. The smallest absolute Gasteiger partial charge is 0.263 e. The number of imidazole rings is 1. The molecule has 0 radical (unpaired) electrons. The van der Waals surface area contributed by atoms with Gasteiger partial charge in [0.2, 0.25) is 5.03 Å². The Hall–Kier alpha value is -0.630. The third-order valence-corrected chi connectivity index (χ3v) is 5.87. The van der Waals surface area contributed by atoms with E-state index < -0.39 is 10.0 Å². The summed E-state index contributed by atoms with van der Waals surface area (Å²) in [6.45, 7) is 0.437. The van der Waals surface area contributed by atoms with Crippen molar-refractivity contribution in [2.45, 2.75) is 36.8 Å². The summed E-state index contributed by atoms with van der Waals surface area (Å²) in [7, 11) is -2.04. The first-order valence-corrected chi connectivity index (χ1v) is 8.10. The zero-order chi connectivity index (χ0) is 14.0. The molecule has 1 aliphatic rings. The third-order valence-electron chi connectivity index (χ3n) is 3.42. The lowest BCUT2D eigenvalue weighted by Gasteiger charge is -2.33. The fourth-order valence-corrected chi connectivity index (χ4v) is 4.52. The number of halogens is 1. The zero-order valence-electron chi connectivity index (χ0n) is 10.8. The van der Waals surface area contributed by atoms with E-state index in [9.17, 15) is 8.42 Å². The fraction of sp³-hybridized carbons (Fsp3) is 0.727. The van der Waals surface area contributed by atoms with Gasteiger partial charge in [-0.3, -0.25) is 0 Å². The molecule has 1 fully saturated rings. The van der Waals surface area contributed by atoms with Crippen LogP contribution < -0.4 is 0 Å². The van der Waals surface area contributed by atoms with E-state index in [0.29, 0.717) is 13.0 Å². The molecule has 8 heteroatoms. The predicted molar refractivity (Wildman–Crippen MR) is 71.5 cm³/mol.